The van der Waals surface area contributed by atoms with Crippen molar-refractivity contribution < 1.29 is 19.4 Å². The van der Waals surface area contributed by atoms with E-state index in [2.05, 4.69) is 0 Å². The van der Waals surface area contributed by atoms with E-state index in [0.717, 1.165) is 5.56 Å². The molecule has 0 aliphatic carbocycles. The fraction of sp³-hybridized carbons (Fsp3) is 0.231. The first-order chi connectivity index (χ1) is 8.13. The van der Waals surface area contributed by atoms with Crippen molar-refractivity contribution in [1.29, 1.82) is 0 Å². The van der Waals surface area contributed by atoms with Crippen LogP contribution >= 0.6 is 0 Å². The van der Waals surface area contributed by atoms with Crippen LogP contribution in [0.15, 0.2) is 42.0 Å². The van der Waals surface area contributed by atoms with Gasteiger partial charge < -0.3 is 9.84 Å². The maximum atomic E-state index is 11.5. The predicted octanol–water partition coefficient (Wildman–Crippen LogP) is 2.15. The summed E-state index contributed by atoms with van der Waals surface area (Å²) in [5, 5.41) is 8.60. The largest absolute Gasteiger partial charge is 0.481 e. The summed E-state index contributed by atoms with van der Waals surface area (Å²) >= 11 is 0. The summed E-state index contributed by atoms with van der Waals surface area (Å²) in [5.74, 6) is -1.63. The summed E-state index contributed by atoms with van der Waals surface area (Å²) in [6.45, 7) is 1.76. The Balaban J connectivity index is 2.52. The molecule has 1 aromatic carbocycles. The quantitative estimate of drug-likeness (QED) is 0.626. The van der Waals surface area contributed by atoms with E-state index in [-0.39, 0.29) is 18.6 Å². The molecule has 0 aromatic heterocycles. The molecule has 0 heterocycles. The molecule has 0 fully saturated rings. The Kier molecular flexibility index (Phi) is 4.94. The monoisotopic (exact) mass is 234 g/mol. The van der Waals surface area contributed by atoms with E-state index in [1.54, 1.807) is 6.92 Å². The summed E-state index contributed by atoms with van der Waals surface area (Å²) in [6.07, 6.45) is 1.14. The van der Waals surface area contributed by atoms with Gasteiger partial charge in [0.15, 0.2) is 0 Å². The van der Waals surface area contributed by atoms with Gasteiger partial charge in [-0.3, -0.25) is 4.79 Å². The van der Waals surface area contributed by atoms with E-state index >= 15 is 0 Å². The molecule has 4 heteroatoms. The van der Waals surface area contributed by atoms with E-state index in [4.69, 9.17) is 9.84 Å². The molecule has 0 saturated carbocycles. The van der Waals surface area contributed by atoms with Crippen LogP contribution in [0, 0.1) is 0 Å². The van der Waals surface area contributed by atoms with E-state index in [1.165, 1.54) is 6.08 Å². The Labute approximate surface area is 99.5 Å². The van der Waals surface area contributed by atoms with Gasteiger partial charge >= 0.3 is 11.9 Å². The first-order valence-corrected chi connectivity index (χ1v) is 5.21. The second-order valence-electron chi connectivity index (χ2n) is 3.45. The highest BCUT2D eigenvalue weighted by molar-refractivity contribution is 5.93. The summed E-state index contributed by atoms with van der Waals surface area (Å²) in [7, 11) is 0. The predicted molar refractivity (Wildman–Crippen MR) is 62.2 cm³/mol. The molecule has 0 spiro atoms. The maximum Gasteiger partial charge on any atom is 0.334 e. The van der Waals surface area contributed by atoms with Crippen LogP contribution in [0.25, 0.3) is 0 Å². The lowest BCUT2D eigenvalue weighted by molar-refractivity contribution is -0.143. The number of rotatable bonds is 5. The number of hydrogen-bond donors (Lipinski definition) is 1. The number of allylic oxidation sites excluding steroid dienone is 1. The zero-order valence-corrected chi connectivity index (χ0v) is 9.55. The zero-order chi connectivity index (χ0) is 12.7. The van der Waals surface area contributed by atoms with Gasteiger partial charge in [0.1, 0.15) is 6.61 Å². The lowest BCUT2D eigenvalue weighted by Gasteiger charge is -2.06. The standard InChI is InChI=1S/C13H14O4/c1-2-11(8-12(14)15)13(16)17-9-10-6-4-3-5-7-10/h2-7H,8-9H2,1H3,(H,14,15). The maximum absolute atomic E-state index is 11.5. The van der Waals surface area contributed by atoms with Crippen molar-refractivity contribution in [3.8, 4) is 0 Å². The van der Waals surface area contributed by atoms with Crippen molar-refractivity contribution in [2.24, 2.45) is 0 Å². The summed E-state index contributed by atoms with van der Waals surface area (Å²) in [5.41, 5.74) is 1.03. The molecule has 0 aliphatic heterocycles. The molecule has 0 aliphatic rings. The second-order valence-corrected chi connectivity index (χ2v) is 3.45. The Bertz CT molecular complexity index is 420. The number of esters is 1. The van der Waals surface area contributed by atoms with Gasteiger partial charge in [0.25, 0.3) is 0 Å². The van der Waals surface area contributed by atoms with Gasteiger partial charge in [-0.25, -0.2) is 4.79 Å². The van der Waals surface area contributed by atoms with E-state index < -0.39 is 11.9 Å². The van der Waals surface area contributed by atoms with Crippen LogP contribution < -0.4 is 0 Å². The first kappa shape index (κ1) is 13.0. The van der Waals surface area contributed by atoms with Crippen LogP contribution in [0.2, 0.25) is 0 Å². The minimum absolute atomic E-state index is 0.149. The summed E-state index contributed by atoms with van der Waals surface area (Å²) in [6, 6.07) is 9.22. The van der Waals surface area contributed by atoms with Crippen LogP contribution in [0.4, 0.5) is 0 Å². The third kappa shape index (κ3) is 4.51. The molecular formula is C13H14O4. The molecule has 1 rings (SSSR count). The Morgan fingerprint density at radius 3 is 2.47 bits per heavy atom. The number of carbonyl (C=O) groups excluding carboxylic acids is 1. The number of ether oxygens (including phenoxy) is 1. The van der Waals surface area contributed by atoms with Gasteiger partial charge in [-0.15, -0.1) is 0 Å². The number of carboxylic acid groups (broad SMARTS) is 1. The molecule has 0 saturated heterocycles. The minimum atomic E-state index is -1.05. The number of benzene rings is 1. The Hall–Kier alpha value is -2.10. The zero-order valence-electron chi connectivity index (χ0n) is 9.55. The molecule has 1 N–H and O–H groups in total. The van der Waals surface area contributed by atoms with Gasteiger partial charge in [0, 0.05) is 5.57 Å². The minimum Gasteiger partial charge on any atom is -0.481 e. The number of hydrogen-bond acceptors (Lipinski definition) is 3. The molecule has 0 amide bonds. The molecule has 90 valence electrons. The van der Waals surface area contributed by atoms with E-state index in [9.17, 15) is 9.59 Å². The highest BCUT2D eigenvalue weighted by Gasteiger charge is 2.13. The van der Waals surface area contributed by atoms with Gasteiger partial charge in [-0.1, -0.05) is 36.4 Å². The molecule has 4 nitrogen and oxygen atoms in total. The molecule has 17 heavy (non-hydrogen) atoms. The van der Waals surface area contributed by atoms with Crippen LogP contribution in [0.5, 0.6) is 0 Å². The molecule has 0 radical (unpaired) electrons. The highest BCUT2D eigenvalue weighted by atomic mass is 16.5. The lowest BCUT2D eigenvalue weighted by atomic mass is 10.2. The van der Waals surface area contributed by atoms with Crippen LogP contribution in [-0.4, -0.2) is 17.0 Å². The molecular weight excluding hydrogens is 220 g/mol. The number of carbonyl (C=O) groups is 2. The summed E-state index contributed by atoms with van der Waals surface area (Å²) < 4.78 is 5.01. The van der Waals surface area contributed by atoms with Gasteiger partial charge in [0.2, 0.25) is 0 Å². The van der Waals surface area contributed by atoms with Gasteiger partial charge in [0.05, 0.1) is 6.42 Å². The van der Waals surface area contributed by atoms with Crippen molar-refractivity contribution in [2.75, 3.05) is 0 Å². The third-order valence-electron chi connectivity index (χ3n) is 2.17. The smallest absolute Gasteiger partial charge is 0.334 e. The van der Waals surface area contributed by atoms with Gasteiger partial charge in [-0.2, -0.15) is 0 Å². The van der Waals surface area contributed by atoms with Crippen LogP contribution in [0.1, 0.15) is 18.9 Å². The average Bonchev–Trinajstić information content (AvgIpc) is 2.34. The van der Waals surface area contributed by atoms with E-state index in [0.29, 0.717) is 0 Å². The van der Waals surface area contributed by atoms with Crippen molar-refractivity contribution in [1.82, 2.24) is 0 Å². The Morgan fingerprint density at radius 1 is 1.29 bits per heavy atom. The molecule has 0 atom stereocenters. The molecule has 0 bridgehead atoms. The van der Waals surface area contributed by atoms with Crippen molar-refractivity contribution in [3.63, 3.8) is 0 Å². The fourth-order valence-electron chi connectivity index (χ4n) is 1.27. The van der Waals surface area contributed by atoms with Gasteiger partial charge in [-0.05, 0) is 12.5 Å². The molecule has 0 unspecified atom stereocenters. The molecule has 1 aromatic rings. The fourth-order valence-corrected chi connectivity index (χ4v) is 1.27. The normalized spacial score (nSPS) is 11.0. The first-order valence-electron chi connectivity index (χ1n) is 5.21. The van der Waals surface area contributed by atoms with E-state index in [1.807, 2.05) is 30.3 Å². The third-order valence-corrected chi connectivity index (χ3v) is 2.17. The van der Waals surface area contributed by atoms with Crippen molar-refractivity contribution in [3.05, 3.63) is 47.5 Å². The van der Waals surface area contributed by atoms with Crippen molar-refractivity contribution >= 4 is 11.9 Å². The average molecular weight is 234 g/mol. The highest BCUT2D eigenvalue weighted by Crippen LogP contribution is 2.07. The number of carboxylic acids is 1. The summed E-state index contributed by atoms with van der Waals surface area (Å²) in [4.78, 5) is 22.0. The number of aliphatic carboxylic acids is 1. The SMILES string of the molecule is CC=C(CC(=O)O)C(=O)OCc1ccccc1. The van der Waals surface area contributed by atoms with Crippen LogP contribution in [-0.2, 0) is 20.9 Å². The van der Waals surface area contributed by atoms with Crippen molar-refractivity contribution in [2.45, 2.75) is 20.0 Å². The second kappa shape index (κ2) is 6.48. The van der Waals surface area contributed by atoms with Crippen LogP contribution in [0.3, 0.4) is 0 Å². The topological polar surface area (TPSA) is 63.6 Å². The lowest BCUT2D eigenvalue weighted by Crippen LogP contribution is -2.11. The Morgan fingerprint density at radius 2 is 1.94 bits per heavy atom.